The Morgan fingerprint density at radius 2 is 2.05 bits per heavy atom. The number of rotatable bonds is 4. The number of carbonyl (C=O) groups is 1. The minimum absolute atomic E-state index is 0.0271. The first-order valence-electron chi connectivity index (χ1n) is 6.68. The van der Waals surface area contributed by atoms with E-state index in [0.29, 0.717) is 19.6 Å². The molecule has 1 amide bonds. The number of carbonyl (C=O) groups excluding carboxylic acids is 1. The lowest BCUT2D eigenvalue weighted by Gasteiger charge is -2.16. The van der Waals surface area contributed by atoms with Gasteiger partial charge in [-0.2, -0.15) is 0 Å². The molecule has 1 aromatic rings. The van der Waals surface area contributed by atoms with Crippen LogP contribution < -0.4 is 10.6 Å². The van der Waals surface area contributed by atoms with E-state index in [4.69, 9.17) is 4.74 Å². The van der Waals surface area contributed by atoms with Crippen LogP contribution in [0, 0.1) is 11.6 Å². The first-order chi connectivity index (χ1) is 9.52. The molecule has 4 nitrogen and oxygen atoms in total. The molecule has 0 bridgehead atoms. The van der Waals surface area contributed by atoms with Crippen molar-refractivity contribution in [3.05, 3.63) is 29.3 Å². The lowest BCUT2D eigenvalue weighted by atomic mass is 10.1. The van der Waals surface area contributed by atoms with Crippen molar-refractivity contribution < 1.29 is 18.3 Å². The van der Waals surface area contributed by atoms with Crippen LogP contribution >= 0.6 is 0 Å². The second-order valence-electron chi connectivity index (χ2n) is 4.79. The minimum Gasteiger partial charge on any atom is -0.381 e. The van der Waals surface area contributed by atoms with Crippen LogP contribution in [0.3, 0.4) is 0 Å². The largest absolute Gasteiger partial charge is 0.381 e. The number of halogens is 2. The van der Waals surface area contributed by atoms with Gasteiger partial charge in [0.15, 0.2) is 0 Å². The highest BCUT2D eigenvalue weighted by Gasteiger charge is 2.26. The molecule has 0 radical (unpaired) electrons. The van der Waals surface area contributed by atoms with Gasteiger partial charge in [-0.25, -0.2) is 8.78 Å². The summed E-state index contributed by atoms with van der Waals surface area (Å²) in [5, 5.41) is 5.32. The summed E-state index contributed by atoms with van der Waals surface area (Å²) in [6, 6.07) is 1.95. The van der Waals surface area contributed by atoms with Crippen LogP contribution in [0.1, 0.15) is 30.6 Å². The number of amides is 1. The van der Waals surface area contributed by atoms with Gasteiger partial charge in [0.05, 0.1) is 12.1 Å². The summed E-state index contributed by atoms with van der Waals surface area (Å²) < 4.78 is 32.8. The quantitative estimate of drug-likeness (QED) is 0.892. The minimum atomic E-state index is -0.771. The highest BCUT2D eigenvalue weighted by molar-refractivity contribution is 5.94. The van der Waals surface area contributed by atoms with Gasteiger partial charge in [-0.1, -0.05) is 0 Å². The summed E-state index contributed by atoms with van der Waals surface area (Å²) in [6.07, 6.45) is 0.613. The summed E-state index contributed by atoms with van der Waals surface area (Å²) >= 11 is 0. The van der Waals surface area contributed by atoms with Crippen LogP contribution in [0.2, 0.25) is 0 Å². The monoisotopic (exact) mass is 284 g/mol. The van der Waals surface area contributed by atoms with Gasteiger partial charge in [0, 0.05) is 18.7 Å². The van der Waals surface area contributed by atoms with E-state index in [1.807, 2.05) is 6.92 Å². The van der Waals surface area contributed by atoms with E-state index in [-0.39, 0.29) is 23.4 Å². The average molecular weight is 284 g/mol. The van der Waals surface area contributed by atoms with Crippen LogP contribution in [-0.2, 0) is 4.74 Å². The van der Waals surface area contributed by atoms with Gasteiger partial charge in [0.2, 0.25) is 0 Å². The van der Waals surface area contributed by atoms with Gasteiger partial charge in [-0.05, 0) is 32.4 Å². The van der Waals surface area contributed by atoms with Crippen molar-refractivity contribution >= 4 is 11.6 Å². The van der Waals surface area contributed by atoms with Crippen molar-refractivity contribution in [2.75, 3.05) is 18.5 Å². The number of benzene rings is 1. The number of hydrogen-bond acceptors (Lipinski definition) is 3. The molecule has 1 aromatic carbocycles. The predicted octanol–water partition coefficient (Wildman–Crippen LogP) is 2.30. The second kappa shape index (κ2) is 6.17. The molecule has 0 aliphatic carbocycles. The van der Waals surface area contributed by atoms with Crippen molar-refractivity contribution in [2.24, 2.45) is 0 Å². The molecule has 2 unspecified atom stereocenters. The third kappa shape index (κ3) is 3.07. The third-order valence-corrected chi connectivity index (χ3v) is 3.35. The van der Waals surface area contributed by atoms with Crippen LogP contribution in [0.5, 0.6) is 0 Å². The standard InChI is InChI=1S/C14H18F2N2O2/c1-3-17-13-10(15)6-9(7-11(13)16)14(19)18-12-4-5-20-8(12)2/h6-8,12,17H,3-5H2,1-2H3,(H,18,19). The van der Waals surface area contributed by atoms with E-state index in [0.717, 1.165) is 12.1 Å². The number of ether oxygens (including phenoxy) is 1. The summed E-state index contributed by atoms with van der Waals surface area (Å²) in [6.45, 7) is 4.57. The van der Waals surface area contributed by atoms with Gasteiger partial charge in [0.1, 0.15) is 17.3 Å². The van der Waals surface area contributed by atoms with Crippen LogP contribution in [0.15, 0.2) is 12.1 Å². The fourth-order valence-electron chi connectivity index (χ4n) is 2.22. The van der Waals surface area contributed by atoms with Crippen LogP contribution in [0.25, 0.3) is 0 Å². The summed E-state index contributed by atoms with van der Waals surface area (Å²) in [5.74, 6) is -2.03. The molecule has 0 aromatic heterocycles. The molecule has 20 heavy (non-hydrogen) atoms. The Hall–Kier alpha value is -1.69. The molecular weight excluding hydrogens is 266 g/mol. The van der Waals surface area contributed by atoms with Crippen molar-refractivity contribution in [3.8, 4) is 0 Å². The molecule has 1 aliphatic rings. The molecule has 6 heteroatoms. The molecule has 1 heterocycles. The summed E-state index contributed by atoms with van der Waals surface area (Å²) in [5.41, 5.74) is -0.234. The highest BCUT2D eigenvalue weighted by Crippen LogP contribution is 2.21. The van der Waals surface area contributed by atoms with E-state index in [1.165, 1.54) is 0 Å². The summed E-state index contributed by atoms with van der Waals surface area (Å²) in [7, 11) is 0. The molecule has 2 atom stereocenters. The van der Waals surface area contributed by atoms with E-state index < -0.39 is 17.5 Å². The number of hydrogen-bond donors (Lipinski definition) is 2. The van der Waals surface area contributed by atoms with Crippen molar-refractivity contribution in [1.29, 1.82) is 0 Å². The zero-order valence-electron chi connectivity index (χ0n) is 11.5. The lowest BCUT2D eigenvalue weighted by Crippen LogP contribution is -2.39. The predicted molar refractivity (Wildman–Crippen MR) is 71.8 cm³/mol. The van der Waals surface area contributed by atoms with E-state index in [2.05, 4.69) is 10.6 Å². The first-order valence-corrected chi connectivity index (χ1v) is 6.68. The van der Waals surface area contributed by atoms with Gasteiger partial charge in [-0.15, -0.1) is 0 Å². The van der Waals surface area contributed by atoms with Crippen molar-refractivity contribution in [1.82, 2.24) is 5.32 Å². The third-order valence-electron chi connectivity index (χ3n) is 3.35. The fraction of sp³-hybridized carbons (Fsp3) is 0.500. The maximum absolute atomic E-state index is 13.7. The fourth-order valence-corrected chi connectivity index (χ4v) is 2.22. The SMILES string of the molecule is CCNc1c(F)cc(C(=O)NC2CCOC2C)cc1F. The summed E-state index contributed by atoms with van der Waals surface area (Å²) in [4.78, 5) is 12.0. The Morgan fingerprint density at radius 3 is 2.55 bits per heavy atom. The molecular formula is C14H18F2N2O2. The van der Waals surface area contributed by atoms with Crippen LogP contribution in [-0.4, -0.2) is 31.2 Å². The molecule has 2 rings (SSSR count). The highest BCUT2D eigenvalue weighted by atomic mass is 19.1. The molecule has 2 N–H and O–H groups in total. The molecule has 0 saturated carbocycles. The Morgan fingerprint density at radius 1 is 1.40 bits per heavy atom. The molecule has 110 valence electrons. The van der Waals surface area contributed by atoms with E-state index in [1.54, 1.807) is 6.92 Å². The zero-order valence-corrected chi connectivity index (χ0v) is 11.5. The Balaban J connectivity index is 2.14. The van der Waals surface area contributed by atoms with Gasteiger partial charge in [-0.3, -0.25) is 4.79 Å². The topological polar surface area (TPSA) is 50.4 Å². The number of nitrogens with one attached hydrogen (secondary N) is 2. The lowest BCUT2D eigenvalue weighted by molar-refractivity contribution is 0.0865. The Labute approximate surface area is 116 Å². The Bertz CT molecular complexity index is 485. The smallest absolute Gasteiger partial charge is 0.251 e. The van der Waals surface area contributed by atoms with Gasteiger partial charge in [0.25, 0.3) is 5.91 Å². The van der Waals surface area contributed by atoms with Crippen molar-refractivity contribution in [2.45, 2.75) is 32.4 Å². The maximum atomic E-state index is 13.7. The molecule has 1 aliphatic heterocycles. The molecule has 1 fully saturated rings. The Kier molecular flexibility index (Phi) is 4.54. The number of anilines is 1. The van der Waals surface area contributed by atoms with Crippen LogP contribution in [0.4, 0.5) is 14.5 Å². The maximum Gasteiger partial charge on any atom is 0.251 e. The van der Waals surface area contributed by atoms with Gasteiger partial charge >= 0.3 is 0 Å². The van der Waals surface area contributed by atoms with E-state index in [9.17, 15) is 13.6 Å². The van der Waals surface area contributed by atoms with Gasteiger partial charge < -0.3 is 15.4 Å². The zero-order chi connectivity index (χ0) is 14.7. The normalized spacial score (nSPS) is 21.8. The second-order valence-corrected chi connectivity index (χ2v) is 4.79. The first kappa shape index (κ1) is 14.7. The van der Waals surface area contributed by atoms with Crippen molar-refractivity contribution in [3.63, 3.8) is 0 Å². The molecule has 1 saturated heterocycles. The molecule has 0 spiro atoms. The van der Waals surface area contributed by atoms with E-state index >= 15 is 0 Å². The average Bonchev–Trinajstić information content (AvgIpc) is 2.79.